The van der Waals surface area contributed by atoms with Crippen LogP contribution >= 0.6 is 35.6 Å². The summed E-state index contributed by atoms with van der Waals surface area (Å²) in [5.41, 5.74) is 0.173. The van der Waals surface area contributed by atoms with Gasteiger partial charge in [0.05, 0.1) is 28.2 Å². The lowest BCUT2D eigenvalue weighted by atomic mass is 10.2. The quantitative estimate of drug-likeness (QED) is 0.304. The zero-order chi connectivity index (χ0) is 20.0. The average molecular weight is 426 g/mol. The predicted octanol–water partition coefficient (Wildman–Crippen LogP) is 4.50. The van der Waals surface area contributed by atoms with Gasteiger partial charge in [0.2, 0.25) is 0 Å². The Morgan fingerprint density at radius 1 is 1.33 bits per heavy atom. The molecule has 0 spiro atoms. The summed E-state index contributed by atoms with van der Waals surface area (Å²) < 4.78 is 5.26. The van der Waals surface area contributed by atoms with Gasteiger partial charge in [0.1, 0.15) is 11.4 Å². The van der Waals surface area contributed by atoms with Crippen molar-refractivity contribution in [3.8, 4) is 5.75 Å². The highest BCUT2D eigenvalue weighted by atomic mass is 35.5. The fraction of sp³-hybridized carbons (Fsp3) is 0.176. The molecule has 0 radical (unpaired) electrons. The van der Waals surface area contributed by atoms with Gasteiger partial charge in [-0.25, -0.2) is 0 Å². The lowest BCUT2D eigenvalue weighted by Gasteiger charge is -2.12. The van der Waals surface area contributed by atoms with Crippen molar-refractivity contribution in [2.75, 3.05) is 18.2 Å². The summed E-state index contributed by atoms with van der Waals surface area (Å²) in [6.45, 7) is 2.16. The number of thioether (sulfide) groups is 1. The second-order valence-corrected chi connectivity index (χ2v) is 6.82. The van der Waals surface area contributed by atoms with Crippen molar-refractivity contribution < 1.29 is 14.5 Å². The summed E-state index contributed by atoms with van der Waals surface area (Å²) in [6, 6.07) is 9.38. The SMILES string of the molecule is CCOc1ccc(NC(=S)NC(=O)c2cc(SC)ccc2Cl)c([N+](=O)[O-])c1. The highest BCUT2D eigenvalue weighted by Crippen LogP contribution is 2.29. The molecule has 0 aliphatic rings. The minimum absolute atomic E-state index is 0.0853. The topological polar surface area (TPSA) is 93.5 Å². The van der Waals surface area contributed by atoms with Gasteiger partial charge in [0, 0.05) is 4.90 Å². The van der Waals surface area contributed by atoms with Gasteiger partial charge < -0.3 is 10.1 Å². The molecule has 0 bridgehead atoms. The normalized spacial score (nSPS) is 10.2. The number of nitro groups is 1. The van der Waals surface area contributed by atoms with Crippen LogP contribution < -0.4 is 15.4 Å². The van der Waals surface area contributed by atoms with E-state index >= 15 is 0 Å². The zero-order valence-electron chi connectivity index (χ0n) is 14.4. The van der Waals surface area contributed by atoms with Gasteiger partial charge >= 0.3 is 0 Å². The molecule has 0 atom stereocenters. The van der Waals surface area contributed by atoms with Crippen molar-refractivity contribution >= 4 is 58.0 Å². The van der Waals surface area contributed by atoms with Crippen molar-refractivity contribution in [2.45, 2.75) is 11.8 Å². The minimum atomic E-state index is -0.561. The Labute approximate surface area is 170 Å². The van der Waals surface area contributed by atoms with Crippen LogP contribution in [0.4, 0.5) is 11.4 Å². The number of hydrogen-bond acceptors (Lipinski definition) is 6. The number of halogens is 1. The highest BCUT2D eigenvalue weighted by Gasteiger charge is 2.18. The van der Waals surface area contributed by atoms with E-state index in [1.165, 1.54) is 23.9 Å². The third-order valence-corrected chi connectivity index (χ3v) is 4.63. The van der Waals surface area contributed by atoms with E-state index in [9.17, 15) is 14.9 Å². The van der Waals surface area contributed by atoms with Gasteiger partial charge in [-0.15, -0.1) is 11.8 Å². The number of hydrogen-bond donors (Lipinski definition) is 2. The summed E-state index contributed by atoms with van der Waals surface area (Å²) in [5.74, 6) is -0.146. The highest BCUT2D eigenvalue weighted by molar-refractivity contribution is 7.98. The Kier molecular flexibility index (Phi) is 7.40. The maximum atomic E-state index is 12.4. The molecule has 0 unspecified atom stereocenters. The molecule has 1 amide bonds. The minimum Gasteiger partial charge on any atom is -0.494 e. The Bertz CT molecular complexity index is 892. The summed E-state index contributed by atoms with van der Waals surface area (Å²) in [7, 11) is 0. The Balaban J connectivity index is 2.16. The maximum absolute atomic E-state index is 12.4. The Hall–Kier alpha value is -2.36. The van der Waals surface area contributed by atoms with Crippen LogP contribution in [-0.2, 0) is 0 Å². The summed E-state index contributed by atoms with van der Waals surface area (Å²) in [5, 5.41) is 16.6. The molecule has 0 saturated heterocycles. The summed E-state index contributed by atoms with van der Waals surface area (Å²) >= 11 is 12.6. The van der Waals surface area contributed by atoms with E-state index in [4.69, 9.17) is 28.6 Å². The number of amides is 1. The first kappa shape index (κ1) is 20.9. The number of carbonyl (C=O) groups is 1. The fourth-order valence-corrected chi connectivity index (χ4v) is 3.00. The van der Waals surface area contributed by atoms with Crippen LogP contribution in [0.15, 0.2) is 41.3 Å². The van der Waals surface area contributed by atoms with Crippen LogP contribution in [0.5, 0.6) is 5.75 Å². The Morgan fingerprint density at radius 2 is 2.07 bits per heavy atom. The summed E-state index contributed by atoms with van der Waals surface area (Å²) in [4.78, 5) is 24.0. The fourth-order valence-electron chi connectivity index (χ4n) is 2.15. The van der Waals surface area contributed by atoms with E-state index in [0.29, 0.717) is 12.4 Å². The lowest BCUT2D eigenvalue weighted by Crippen LogP contribution is -2.34. The molecule has 0 aromatic heterocycles. The van der Waals surface area contributed by atoms with Crippen LogP contribution in [0.25, 0.3) is 0 Å². The predicted molar refractivity (Wildman–Crippen MR) is 111 cm³/mol. The van der Waals surface area contributed by atoms with Crippen LogP contribution in [0.1, 0.15) is 17.3 Å². The van der Waals surface area contributed by atoms with Gasteiger partial charge in [0.15, 0.2) is 5.11 Å². The molecule has 2 aromatic rings. The standard InChI is InChI=1S/C17H16ClN3O4S2/c1-3-25-10-4-7-14(15(8-10)21(23)24)19-17(26)20-16(22)12-9-11(27-2)5-6-13(12)18/h4-9H,3H2,1-2H3,(H2,19,20,22,26). The molecule has 0 heterocycles. The van der Waals surface area contributed by atoms with Gasteiger partial charge in [-0.2, -0.15) is 0 Å². The molecular weight excluding hydrogens is 410 g/mol. The first-order chi connectivity index (χ1) is 12.8. The van der Waals surface area contributed by atoms with E-state index in [0.717, 1.165) is 4.90 Å². The van der Waals surface area contributed by atoms with E-state index in [1.807, 2.05) is 6.26 Å². The number of anilines is 1. The molecule has 142 valence electrons. The number of nitro benzene ring substituents is 1. The molecule has 2 rings (SSSR count). The second kappa shape index (κ2) is 9.54. The van der Waals surface area contributed by atoms with E-state index in [2.05, 4.69) is 10.6 Å². The number of rotatable bonds is 6. The van der Waals surface area contributed by atoms with Crippen LogP contribution in [0, 0.1) is 10.1 Å². The molecule has 10 heteroatoms. The second-order valence-electron chi connectivity index (χ2n) is 5.12. The molecule has 0 aliphatic carbocycles. The van der Waals surface area contributed by atoms with Gasteiger partial charge in [-0.05, 0) is 55.7 Å². The number of nitrogens with one attached hydrogen (secondary N) is 2. The van der Waals surface area contributed by atoms with E-state index in [1.54, 1.807) is 31.2 Å². The van der Waals surface area contributed by atoms with Crippen molar-refractivity contribution in [1.82, 2.24) is 5.32 Å². The van der Waals surface area contributed by atoms with E-state index in [-0.39, 0.29) is 27.1 Å². The third kappa shape index (κ3) is 5.56. The first-order valence-corrected chi connectivity index (χ1v) is 9.74. The lowest BCUT2D eigenvalue weighted by molar-refractivity contribution is -0.384. The molecule has 2 aromatic carbocycles. The summed E-state index contributed by atoms with van der Waals surface area (Å²) in [6.07, 6.45) is 1.88. The molecule has 0 saturated carbocycles. The molecule has 7 nitrogen and oxygen atoms in total. The first-order valence-electron chi connectivity index (χ1n) is 7.72. The largest absolute Gasteiger partial charge is 0.494 e. The van der Waals surface area contributed by atoms with Crippen molar-refractivity contribution in [3.05, 3.63) is 57.1 Å². The molecule has 0 aliphatic heterocycles. The van der Waals surface area contributed by atoms with E-state index < -0.39 is 10.8 Å². The molecule has 27 heavy (non-hydrogen) atoms. The number of benzene rings is 2. The number of thiocarbonyl (C=S) groups is 1. The monoisotopic (exact) mass is 425 g/mol. The van der Waals surface area contributed by atoms with Crippen molar-refractivity contribution in [1.29, 1.82) is 0 Å². The Morgan fingerprint density at radius 3 is 2.70 bits per heavy atom. The van der Waals surface area contributed by atoms with Crippen LogP contribution in [0.2, 0.25) is 5.02 Å². The molecular formula is C17H16ClN3O4S2. The van der Waals surface area contributed by atoms with Crippen molar-refractivity contribution in [2.24, 2.45) is 0 Å². The maximum Gasteiger partial charge on any atom is 0.296 e. The van der Waals surface area contributed by atoms with Crippen LogP contribution in [0.3, 0.4) is 0 Å². The number of carbonyl (C=O) groups excluding carboxylic acids is 1. The number of nitrogens with zero attached hydrogens (tertiary/aromatic N) is 1. The molecule has 2 N–H and O–H groups in total. The smallest absolute Gasteiger partial charge is 0.296 e. The van der Waals surface area contributed by atoms with Gasteiger partial charge in [-0.1, -0.05) is 11.6 Å². The zero-order valence-corrected chi connectivity index (χ0v) is 16.8. The van der Waals surface area contributed by atoms with Crippen LogP contribution in [-0.4, -0.2) is 28.8 Å². The molecule has 0 fully saturated rings. The average Bonchev–Trinajstić information content (AvgIpc) is 2.63. The number of ether oxygens (including phenoxy) is 1. The van der Waals surface area contributed by atoms with Crippen molar-refractivity contribution in [3.63, 3.8) is 0 Å². The van der Waals surface area contributed by atoms with Gasteiger partial charge in [0.25, 0.3) is 11.6 Å². The van der Waals surface area contributed by atoms with Gasteiger partial charge in [-0.3, -0.25) is 20.2 Å². The third-order valence-electron chi connectivity index (χ3n) is 3.37.